The van der Waals surface area contributed by atoms with Crippen LogP contribution in [0, 0.1) is 6.92 Å². The van der Waals surface area contributed by atoms with Gasteiger partial charge in [-0.2, -0.15) is 5.10 Å². The summed E-state index contributed by atoms with van der Waals surface area (Å²) in [5.74, 6) is -0.263. The van der Waals surface area contributed by atoms with Gasteiger partial charge >= 0.3 is 0 Å². The number of amides is 1. The second-order valence-electron chi connectivity index (χ2n) is 5.37. The SMILES string of the molecule is Cc1nc(NC(=O)c2n[nH]c3ccccc23)sc1-c1ccccc1. The summed E-state index contributed by atoms with van der Waals surface area (Å²) in [5, 5.41) is 11.2. The average Bonchev–Trinajstić information content (AvgIpc) is 3.19. The van der Waals surface area contributed by atoms with Gasteiger partial charge < -0.3 is 0 Å². The molecule has 0 saturated carbocycles. The van der Waals surface area contributed by atoms with Crippen molar-refractivity contribution in [1.82, 2.24) is 15.2 Å². The lowest BCUT2D eigenvalue weighted by Crippen LogP contribution is -2.12. The normalized spacial score (nSPS) is 10.9. The Labute approximate surface area is 142 Å². The molecule has 0 spiro atoms. The Morgan fingerprint density at radius 3 is 2.67 bits per heavy atom. The van der Waals surface area contributed by atoms with Crippen LogP contribution in [0.15, 0.2) is 54.6 Å². The minimum atomic E-state index is -0.263. The van der Waals surface area contributed by atoms with E-state index in [0.717, 1.165) is 27.0 Å². The molecule has 0 aliphatic rings. The molecule has 0 unspecified atom stereocenters. The number of thiazole rings is 1. The van der Waals surface area contributed by atoms with Gasteiger partial charge in [-0.25, -0.2) is 4.98 Å². The van der Waals surface area contributed by atoms with Gasteiger partial charge in [-0.15, -0.1) is 0 Å². The number of aromatic amines is 1. The van der Waals surface area contributed by atoms with Gasteiger partial charge in [0.2, 0.25) is 0 Å². The lowest BCUT2D eigenvalue weighted by atomic mass is 10.2. The summed E-state index contributed by atoms with van der Waals surface area (Å²) in [6.45, 7) is 1.94. The van der Waals surface area contributed by atoms with E-state index in [1.807, 2.05) is 61.5 Å². The number of hydrogen-bond donors (Lipinski definition) is 2. The van der Waals surface area contributed by atoms with Crippen LogP contribution in [0.3, 0.4) is 0 Å². The van der Waals surface area contributed by atoms with Gasteiger partial charge in [0.15, 0.2) is 10.8 Å². The number of para-hydroxylation sites is 1. The van der Waals surface area contributed by atoms with Crippen LogP contribution in [0.1, 0.15) is 16.2 Å². The van der Waals surface area contributed by atoms with E-state index in [1.165, 1.54) is 11.3 Å². The maximum Gasteiger partial charge on any atom is 0.278 e. The molecular formula is C18H14N4OS. The molecule has 4 rings (SSSR count). The first-order chi connectivity index (χ1) is 11.7. The summed E-state index contributed by atoms with van der Waals surface area (Å²) in [4.78, 5) is 18.0. The second-order valence-corrected chi connectivity index (χ2v) is 6.37. The molecule has 0 radical (unpaired) electrons. The molecular weight excluding hydrogens is 320 g/mol. The Morgan fingerprint density at radius 1 is 1.08 bits per heavy atom. The lowest BCUT2D eigenvalue weighted by molar-refractivity contribution is 0.102. The fourth-order valence-corrected chi connectivity index (χ4v) is 3.57. The molecule has 1 amide bonds. The van der Waals surface area contributed by atoms with Crippen molar-refractivity contribution in [3.8, 4) is 10.4 Å². The van der Waals surface area contributed by atoms with E-state index in [0.29, 0.717) is 10.8 Å². The third-order valence-corrected chi connectivity index (χ3v) is 4.86. The molecule has 4 aromatic rings. The number of nitrogens with zero attached hydrogens (tertiary/aromatic N) is 2. The number of carbonyl (C=O) groups excluding carboxylic acids is 1. The summed E-state index contributed by atoms with van der Waals surface area (Å²) < 4.78 is 0. The van der Waals surface area contributed by atoms with Crippen molar-refractivity contribution in [1.29, 1.82) is 0 Å². The van der Waals surface area contributed by atoms with Crippen LogP contribution in [-0.2, 0) is 0 Å². The number of benzene rings is 2. The Bertz CT molecular complexity index is 1020. The molecule has 0 aliphatic carbocycles. The zero-order valence-corrected chi connectivity index (χ0v) is 13.7. The first-order valence-corrected chi connectivity index (χ1v) is 8.31. The molecule has 2 heterocycles. The monoisotopic (exact) mass is 334 g/mol. The molecule has 0 saturated heterocycles. The van der Waals surface area contributed by atoms with Gasteiger partial charge in [-0.05, 0) is 18.6 Å². The predicted octanol–water partition coefficient (Wildman–Crippen LogP) is 4.25. The van der Waals surface area contributed by atoms with Crippen molar-refractivity contribution < 1.29 is 4.79 Å². The van der Waals surface area contributed by atoms with Crippen molar-refractivity contribution in [2.75, 3.05) is 5.32 Å². The van der Waals surface area contributed by atoms with Gasteiger partial charge in [0, 0.05) is 5.39 Å². The summed E-state index contributed by atoms with van der Waals surface area (Å²) in [6.07, 6.45) is 0. The first-order valence-electron chi connectivity index (χ1n) is 7.49. The van der Waals surface area contributed by atoms with E-state index >= 15 is 0 Å². The van der Waals surface area contributed by atoms with Gasteiger partial charge in [-0.1, -0.05) is 59.9 Å². The first kappa shape index (κ1) is 14.6. The van der Waals surface area contributed by atoms with Crippen LogP contribution in [0.5, 0.6) is 0 Å². The number of aromatic nitrogens is 3. The van der Waals surface area contributed by atoms with Crippen molar-refractivity contribution in [2.24, 2.45) is 0 Å². The number of fused-ring (bicyclic) bond motifs is 1. The topological polar surface area (TPSA) is 70.7 Å². The molecule has 24 heavy (non-hydrogen) atoms. The number of rotatable bonds is 3. The van der Waals surface area contributed by atoms with Crippen molar-refractivity contribution in [2.45, 2.75) is 6.92 Å². The third-order valence-electron chi connectivity index (χ3n) is 3.74. The van der Waals surface area contributed by atoms with Crippen LogP contribution in [-0.4, -0.2) is 21.1 Å². The Hall–Kier alpha value is -2.99. The van der Waals surface area contributed by atoms with Crippen LogP contribution in [0.4, 0.5) is 5.13 Å². The van der Waals surface area contributed by atoms with Crippen molar-refractivity contribution in [3.05, 3.63) is 66.0 Å². The second kappa shape index (κ2) is 5.90. The Kier molecular flexibility index (Phi) is 3.59. The zero-order valence-electron chi connectivity index (χ0n) is 12.9. The Balaban J connectivity index is 1.63. The van der Waals surface area contributed by atoms with E-state index in [9.17, 15) is 4.79 Å². The number of aryl methyl sites for hydroxylation is 1. The van der Waals surface area contributed by atoms with Crippen LogP contribution >= 0.6 is 11.3 Å². The number of H-pyrrole nitrogens is 1. The van der Waals surface area contributed by atoms with E-state index in [1.54, 1.807) is 0 Å². The van der Waals surface area contributed by atoms with E-state index in [4.69, 9.17) is 0 Å². The average molecular weight is 334 g/mol. The standard InChI is InChI=1S/C18H14N4OS/c1-11-16(12-7-3-2-4-8-12)24-18(19-11)20-17(23)15-13-9-5-6-10-14(13)21-22-15/h2-10H,1H3,(H,21,22)(H,19,20,23). The van der Waals surface area contributed by atoms with Gasteiger partial charge in [0.05, 0.1) is 16.1 Å². The number of nitrogens with one attached hydrogen (secondary N) is 2. The Morgan fingerprint density at radius 2 is 1.83 bits per heavy atom. The molecule has 2 N–H and O–H groups in total. The molecule has 0 fully saturated rings. The molecule has 0 atom stereocenters. The van der Waals surface area contributed by atoms with E-state index in [-0.39, 0.29) is 5.91 Å². The zero-order chi connectivity index (χ0) is 16.5. The fourth-order valence-electron chi connectivity index (χ4n) is 2.60. The minimum Gasteiger partial charge on any atom is -0.296 e. The number of carbonyl (C=O) groups is 1. The van der Waals surface area contributed by atoms with Crippen molar-refractivity contribution in [3.63, 3.8) is 0 Å². The fraction of sp³-hybridized carbons (Fsp3) is 0.0556. The van der Waals surface area contributed by atoms with Gasteiger partial charge in [0.25, 0.3) is 5.91 Å². The minimum absolute atomic E-state index is 0.263. The molecule has 2 aromatic heterocycles. The number of anilines is 1. The largest absolute Gasteiger partial charge is 0.296 e. The highest BCUT2D eigenvalue weighted by atomic mass is 32.1. The van der Waals surface area contributed by atoms with E-state index in [2.05, 4.69) is 20.5 Å². The maximum absolute atomic E-state index is 12.5. The highest BCUT2D eigenvalue weighted by molar-refractivity contribution is 7.19. The van der Waals surface area contributed by atoms with Gasteiger partial charge in [-0.3, -0.25) is 15.2 Å². The highest BCUT2D eigenvalue weighted by Crippen LogP contribution is 2.32. The molecule has 2 aromatic carbocycles. The maximum atomic E-state index is 12.5. The highest BCUT2D eigenvalue weighted by Gasteiger charge is 2.17. The lowest BCUT2D eigenvalue weighted by Gasteiger charge is -1.98. The molecule has 0 aliphatic heterocycles. The van der Waals surface area contributed by atoms with Crippen molar-refractivity contribution >= 4 is 33.3 Å². The molecule has 118 valence electrons. The molecule has 6 heteroatoms. The van der Waals surface area contributed by atoms with E-state index < -0.39 is 0 Å². The van der Waals surface area contributed by atoms with Crippen LogP contribution in [0.2, 0.25) is 0 Å². The number of hydrogen-bond acceptors (Lipinski definition) is 4. The summed E-state index contributed by atoms with van der Waals surface area (Å²) in [6, 6.07) is 17.6. The smallest absolute Gasteiger partial charge is 0.278 e. The van der Waals surface area contributed by atoms with Crippen LogP contribution < -0.4 is 5.32 Å². The third kappa shape index (κ3) is 2.57. The molecule has 5 nitrogen and oxygen atoms in total. The summed E-state index contributed by atoms with van der Waals surface area (Å²) >= 11 is 1.46. The summed E-state index contributed by atoms with van der Waals surface area (Å²) in [7, 11) is 0. The predicted molar refractivity (Wildman–Crippen MR) is 96.3 cm³/mol. The van der Waals surface area contributed by atoms with Gasteiger partial charge in [0.1, 0.15) is 0 Å². The quantitative estimate of drug-likeness (QED) is 0.588. The molecule has 0 bridgehead atoms. The van der Waals surface area contributed by atoms with Crippen LogP contribution in [0.25, 0.3) is 21.3 Å². The summed E-state index contributed by atoms with van der Waals surface area (Å²) in [5.41, 5.74) is 3.20.